The SMILES string of the molecule is [C+]1=CC=CN1. The molecule has 1 N–H and O–H groups in total. The molecule has 0 spiro atoms. The Hall–Kier alpha value is -0.810. The van der Waals surface area contributed by atoms with Gasteiger partial charge >= 0.3 is 0 Å². The van der Waals surface area contributed by atoms with E-state index < -0.39 is 0 Å². The molecular weight excluding hydrogens is 62.1 g/mol. The van der Waals surface area contributed by atoms with Crippen LogP contribution >= 0.6 is 0 Å². The Kier molecular flexibility index (Phi) is 0.423. The molecule has 1 heterocycles. The van der Waals surface area contributed by atoms with Crippen LogP contribution < -0.4 is 5.32 Å². The van der Waals surface area contributed by atoms with Gasteiger partial charge in [-0.25, -0.2) is 5.32 Å². The van der Waals surface area contributed by atoms with Crippen LogP contribution in [0.1, 0.15) is 0 Å². The van der Waals surface area contributed by atoms with Gasteiger partial charge in [0.05, 0.1) is 0 Å². The number of allylic oxidation sites excluding steroid dienone is 2. The number of hydrogen-bond acceptors (Lipinski definition) is 1. The maximum atomic E-state index is 2.74. The first kappa shape index (κ1) is 2.43. The van der Waals surface area contributed by atoms with Gasteiger partial charge in [-0.15, -0.1) is 0 Å². The van der Waals surface area contributed by atoms with Crippen molar-refractivity contribution in [2.45, 2.75) is 0 Å². The Labute approximate surface area is 31.0 Å². The summed E-state index contributed by atoms with van der Waals surface area (Å²) in [5.41, 5.74) is 0. The van der Waals surface area contributed by atoms with Crippen molar-refractivity contribution in [3.63, 3.8) is 0 Å². The molecule has 0 aromatic heterocycles. The van der Waals surface area contributed by atoms with Crippen molar-refractivity contribution in [1.82, 2.24) is 5.32 Å². The van der Waals surface area contributed by atoms with E-state index in [0.717, 1.165) is 0 Å². The molecule has 0 saturated heterocycles. The van der Waals surface area contributed by atoms with E-state index in [1.54, 1.807) is 0 Å². The Bertz CT molecular complexity index is 61.7. The summed E-state index contributed by atoms with van der Waals surface area (Å²) in [5, 5.41) is 2.74. The maximum absolute atomic E-state index is 2.74. The molecule has 0 radical (unpaired) electrons. The van der Waals surface area contributed by atoms with E-state index in [1.807, 2.05) is 18.4 Å². The minimum atomic E-state index is 1.82. The lowest BCUT2D eigenvalue weighted by molar-refractivity contribution is 1.19. The summed E-state index contributed by atoms with van der Waals surface area (Å²) in [4.78, 5) is 0. The number of nitrogens with one attached hydrogen (secondary N) is 1. The lowest BCUT2D eigenvalue weighted by atomic mass is 10.6. The highest BCUT2D eigenvalue weighted by molar-refractivity contribution is 5.04. The average Bonchev–Trinajstić information content (AvgIpc) is 1.76. The fourth-order valence-electron chi connectivity index (χ4n) is 0.241. The van der Waals surface area contributed by atoms with Crippen molar-refractivity contribution in [3.8, 4) is 0 Å². The van der Waals surface area contributed by atoms with E-state index in [9.17, 15) is 0 Å². The first-order chi connectivity index (χ1) is 2.50. The molecule has 0 aliphatic carbocycles. The highest BCUT2D eigenvalue weighted by atomic mass is 14.8. The standard InChI is InChI=1S/C4H4N/c1-2-4-5-3-1/h1-3,5H/q+1. The number of rotatable bonds is 0. The molecule has 0 amide bonds. The molecule has 0 unspecified atom stereocenters. The fourth-order valence-corrected chi connectivity index (χ4v) is 0.241. The Morgan fingerprint density at radius 3 is 2.80 bits per heavy atom. The van der Waals surface area contributed by atoms with Gasteiger partial charge in [0.25, 0.3) is 0 Å². The Balaban J connectivity index is 2.61. The molecule has 1 nitrogen and oxygen atoms in total. The second-order valence-corrected chi connectivity index (χ2v) is 0.814. The molecule has 0 bridgehead atoms. The van der Waals surface area contributed by atoms with Crippen LogP contribution in [0.2, 0.25) is 0 Å². The van der Waals surface area contributed by atoms with E-state index in [-0.39, 0.29) is 0 Å². The third kappa shape index (κ3) is 0.257. The van der Waals surface area contributed by atoms with Crippen LogP contribution in [0.4, 0.5) is 0 Å². The van der Waals surface area contributed by atoms with Gasteiger partial charge in [0.15, 0.2) is 6.20 Å². The normalized spacial score (nSPS) is 14.4. The molecule has 1 aliphatic rings. The third-order valence-electron chi connectivity index (χ3n) is 0.442. The van der Waals surface area contributed by atoms with Gasteiger partial charge in [0.2, 0.25) is 0 Å². The zero-order valence-corrected chi connectivity index (χ0v) is 2.73. The highest BCUT2D eigenvalue weighted by Crippen LogP contribution is 1.76. The zero-order chi connectivity index (χ0) is 3.54. The summed E-state index contributed by atoms with van der Waals surface area (Å²) in [6.45, 7) is 0. The Morgan fingerprint density at radius 2 is 2.60 bits per heavy atom. The van der Waals surface area contributed by atoms with Crippen LogP contribution in [0, 0.1) is 6.20 Å². The van der Waals surface area contributed by atoms with Gasteiger partial charge in [-0.3, -0.25) is 0 Å². The third-order valence-corrected chi connectivity index (χ3v) is 0.442. The average molecular weight is 66.1 g/mol. The van der Waals surface area contributed by atoms with E-state index in [4.69, 9.17) is 0 Å². The number of hydrogen-bond donors (Lipinski definition) is 1. The summed E-state index contributed by atoms with van der Waals surface area (Å²) in [5.74, 6) is 0. The van der Waals surface area contributed by atoms with Gasteiger partial charge < -0.3 is 0 Å². The van der Waals surface area contributed by atoms with Crippen molar-refractivity contribution < 1.29 is 0 Å². The van der Waals surface area contributed by atoms with E-state index >= 15 is 0 Å². The fraction of sp³-hybridized carbons (Fsp3) is 0. The molecule has 1 aliphatic heterocycles. The summed E-state index contributed by atoms with van der Waals surface area (Å²) >= 11 is 0. The van der Waals surface area contributed by atoms with Crippen LogP contribution in [0.5, 0.6) is 0 Å². The van der Waals surface area contributed by atoms with Crippen LogP contribution in [0.25, 0.3) is 0 Å². The van der Waals surface area contributed by atoms with Crippen LogP contribution in [-0.2, 0) is 0 Å². The highest BCUT2D eigenvalue weighted by Gasteiger charge is 1.83. The summed E-state index contributed by atoms with van der Waals surface area (Å²) in [6.07, 6.45) is 8.26. The van der Waals surface area contributed by atoms with E-state index in [1.165, 1.54) is 0 Å². The summed E-state index contributed by atoms with van der Waals surface area (Å²) in [7, 11) is 0. The molecular formula is C4H4N+. The molecule has 0 atom stereocenters. The largest absolute Gasteiger partial charge is 0.205 e. The van der Waals surface area contributed by atoms with Crippen molar-refractivity contribution in [2.75, 3.05) is 0 Å². The Morgan fingerprint density at radius 1 is 1.60 bits per heavy atom. The smallest absolute Gasteiger partial charge is 0.152 e. The summed E-state index contributed by atoms with van der Waals surface area (Å²) in [6, 6.07) is 0. The first-order valence-electron chi connectivity index (χ1n) is 1.49. The molecule has 5 heavy (non-hydrogen) atoms. The van der Waals surface area contributed by atoms with Crippen molar-refractivity contribution in [2.24, 2.45) is 0 Å². The van der Waals surface area contributed by atoms with Crippen LogP contribution in [-0.4, -0.2) is 0 Å². The van der Waals surface area contributed by atoms with E-state index in [0.29, 0.717) is 0 Å². The topological polar surface area (TPSA) is 12.0 Å². The predicted molar refractivity (Wildman–Crippen MR) is 20.1 cm³/mol. The molecule has 1 rings (SSSR count). The summed E-state index contributed by atoms with van der Waals surface area (Å²) < 4.78 is 0. The minimum Gasteiger partial charge on any atom is -0.205 e. The van der Waals surface area contributed by atoms with Gasteiger partial charge in [0.1, 0.15) is 18.4 Å². The lowest BCUT2D eigenvalue weighted by Crippen LogP contribution is -1.83. The quantitative estimate of drug-likeness (QED) is 0.404. The molecule has 0 aromatic carbocycles. The van der Waals surface area contributed by atoms with E-state index in [2.05, 4.69) is 11.5 Å². The molecule has 1 heteroatoms. The molecule has 0 fully saturated rings. The van der Waals surface area contributed by atoms with Gasteiger partial charge in [0, 0.05) is 0 Å². The van der Waals surface area contributed by atoms with Crippen LogP contribution in [0.15, 0.2) is 18.4 Å². The van der Waals surface area contributed by atoms with Gasteiger partial charge in [-0.1, -0.05) is 0 Å². The predicted octanol–water partition coefficient (Wildman–Crippen LogP) is 0.420. The molecule has 0 aromatic rings. The van der Waals surface area contributed by atoms with Crippen molar-refractivity contribution >= 4 is 0 Å². The second kappa shape index (κ2) is 0.871. The van der Waals surface area contributed by atoms with Crippen LogP contribution in [0.3, 0.4) is 0 Å². The molecule has 24 valence electrons. The minimum absolute atomic E-state index is 1.82. The lowest BCUT2D eigenvalue weighted by Gasteiger charge is -1.54. The monoisotopic (exact) mass is 66.0 g/mol. The van der Waals surface area contributed by atoms with Crippen molar-refractivity contribution in [3.05, 3.63) is 24.6 Å². The zero-order valence-electron chi connectivity index (χ0n) is 2.73. The van der Waals surface area contributed by atoms with Gasteiger partial charge in [-0.05, 0) is 0 Å². The maximum Gasteiger partial charge on any atom is 0.152 e. The van der Waals surface area contributed by atoms with Crippen molar-refractivity contribution in [1.29, 1.82) is 0 Å². The van der Waals surface area contributed by atoms with Gasteiger partial charge in [-0.2, -0.15) is 0 Å². The second-order valence-electron chi connectivity index (χ2n) is 0.814. The first-order valence-corrected chi connectivity index (χ1v) is 1.49. The molecule has 0 saturated carbocycles.